The molecule has 0 aliphatic heterocycles. The lowest BCUT2D eigenvalue weighted by atomic mass is 10.3. The van der Waals surface area contributed by atoms with Crippen molar-refractivity contribution in [3.05, 3.63) is 28.0 Å². The van der Waals surface area contributed by atoms with Crippen LogP contribution in [0.2, 0.25) is 0 Å². The zero-order chi connectivity index (χ0) is 13.4. The second kappa shape index (κ2) is 4.77. The standard InChI is InChI=1S/C13H17N5S/c1-8-10(19-7-15-8)6-18(2)12-5-11(14)16-13(17-12)9-3-4-9/h5,7,9H,3-4,6H2,1-2H3,(H2,14,16,17). The van der Waals surface area contributed by atoms with E-state index in [2.05, 4.69) is 19.9 Å². The summed E-state index contributed by atoms with van der Waals surface area (Å²) in [5, 5.41) is 0. The van der Waals surface area contributed by atoms with E-state index in [1.54, 1.807) is 11.3 Å². The Morgan fingerprint density at radius 2 is 2.21 bits per heavy atom. The molecule has 0 radical (unpaired) electrons. The van der Waals surface area contributed by atoms with Crippen LogP contribution < -0.4 is 10.6 Å². The average molecular weight is 275 g/mol. The predicted molar refractivity (Wildman–Crippen MR) is 77.4 cm³/mol. The molecule has 1 aliphatic carbocycles. The van der Waals surface area contributed by atoms with Crippen molar-refractivity contribution in [1.29, 1.82) is 0 Å². The lowest BCUT2D eigenvalue weighted by Gasteiger charge is -2.18. The highest BCUT2D eigenvalue weighted by Crippen LogP contribution is 2.38. The number of aryl methyl sites for hydroxylation is 1. The van der Waals surface area contributed by atoms with Gasteiger partial charge in [-0.05, 0) is 19.8 Å². The highest BCUT2D eigenvalue weighted by atomic mass is 32.1. The maximum absolute atomic E-state index is 5.88. The maximum Gasteiger partial charge on any atom is 0.136 e. The third kappa shape index (κ3) is 2.68. The number of thiazole rings is 1. The van der Waals surface area contributed by atoms with Crippen molar-refractivity contribution in [3.63, 3.8) is 0 Å². The Bertz CT molecular complexity index is 590. The fourth-order valence-electron chi connectivity index (χ4n) is 1.97. The Balaban J connectivity index is 1.82. The summed E-state index contributed by atoms with van der Waals surface area (Å²) in [6, 6.07) is 1.84. The molecule has 0 saturated heterocycles. The quantitative estimate of drug-likeness (QED) is 0.927. The molecule has 1 aliphatic rings. The lowest BCUT2D eigenvalue weighted by molar-refractivity contribution is 0.859. The van der Waals surface area contributed by atoms with E-state index in [9.17, 15) is 0 Å². The molecular weight excluding hydrogens is 258 g/mol. The maximum atomic E-state index is 5.88. The molecule has 6 heteroatoms. The van der Waals surface area contributed by atoms with Crippen molar-refractivity contribution in [3.8, 4) is 0 Å². The van der Waals surface area contributed by atoms with E-state index in [0.717, 1.165) is 23.9 Å². The van der Waals surface area contributed by atoms with Crippen LogP contribution in [0.1, 0.15) is 35.2 Å². The van der Waals surface area contributed by atoms with Gasteiger partial charge in [-0.3, -0.25) is 0 Å². The molecule has 0 spiro atoms. The molecule has 0 bridgehead atoms. The van der Waals surface area contributed by atoms with Gasteiger partial charge in [0.25, 0.3) is 0 Å². The Labute approximate surface area is 116 Å². The largest absolute Gasteiger partial charge is 0.384 e. The van der Waals surface area contributed by atoms with E-state index in [0.29, 0.717) is 11.7 Å². The number of anilines is 2. The number of hydrogen-bond acceptors (Lipinski definition) is 6. The van der Waals surface area contributed by atoms with E-state index >= 15 is 0 Å². The van der Waals surface area contributed by atoms with Crippen molar-refractivity contribution in [1.82, 2.24) is 15.0 Å². The number of nitrogens with two attached hydrogens (primary N) is 1. The van der Waals surface area contributed by atoms with Gasteiger partial charge >= 0.3 is 0 Å². The SMILES string of the molecule is Cc1ncsc1CN(C)c1cc(N)nc(C2CC2)n1. The van der Waals surface area contributed by atoms with Gasteiger partial charge in [-0.25, -0.2) is 15.0 Å². The smallest absolute Gasteiger partial charge is 0.136 e. The van der Waals surface area contributed by atoms with Gasteiger partial charge in [-0.2, -0.15) is 0 Å². The minimum atomic E-state index is 0.515. The summed E-state index contributed by atoms with van der Waals surface area (Å²) in [4.78, 5) is 16.6. The van der Waals surface area contributed by atoms with Crippen LogP contribution in [-0.2, 0) is 6.54 Å². The van der Waals surface area contributed by atoms with Crippen molar-refractivity contribution in [2.45, 2.75) is 32.2 Å². The predicted octanol–water partition coefficient (Wildman–Crippen LogP) is 2.34. The van der Waals surface area contributed by atoms with Crippen LogP contribution in [0, 0.1) is 6.92 Å². The summed E-state index contributed by atoms with van der Waals surface area (Å²) in [5.74, 6) is 2.85. The van der Waals surface area contributed by atoms with Crippen LogP contribution in [0.4, 0.5) is 11.6 Å². The molecule has 100 valence electrons. The van der Waals surface area contributed by atoms with Gasteiger partial charge in [-0.1, -0.05) is 0 Å². The number of hydrogen-bond donors (Lipinski definition) is 1. The summed E-state index contributed by atoms with van der Waals surface area (Å²) in [6.45, 7) is 2.83. The van der Waals surface area contributed by atoms with Crippen LogP contribution in [0.15, 0.2) is 11.6 Å². The van der Waals surface area contributed by atoms with Crippen molar-refractivity contribution in [2.75, 3.05) is 17.7 Å². The molecule has 5 nitrogen and oxygen atoms in total. The Hall–Kier alpha value is -1.69. The fraction of sp³-hybridized carbons (Fsp3) is 0.462. The van der Waals surface area contributed by atoms with E-state index in [4.69, 9.17) is 5.73 Å². The third-order valence-electron chi connectivity index (χ3n) is 3.31. The Kier molecular flexibility index (Phi) is 3.10. The van der Waals surface area contributed by atoms with Crippen LogP contribution in [-0.4, -0.2) is 22.0 Å². The van der Waals surface area contributed by atoms with E-state index < -0.39 is 0 Å². The minimum Gasteiger partial charge on any atom is -0.384 e. The van der Waals surface area contributed by atoms with Gasteiger partial charge in [0.05, 0.1) is 17.7 Å². The van der Waals surface area contributed by atoms with Crippen LogP contribution in [0.5, 0.6) is 0 Å². The Morgan fingerprint density at radius 1 is 1.42 bits per heavy atom. The second-order valence-electron chi connectivity index (χ2n) is 5.00. The van der Waals surface area contributed by atoms with Gasteiger partial charge in [-0.15, -0.1) is 11.3 Å². The van der Waals surface area contributed by atoms with E-state index in [1.807, 2.05) is 25.5 Å². The highest BCUT2D eigenvalue weighted by molar-refractivity contribution is 7.09. The zero-order valence-corrected chi connectivity index (χ0v) is 11.9. The molecule has 19 heavy (non-hydrogen) atoms. The first-order chi connectivity index (χ1) is 9.13. The first-order valence-electron chi connectivity index (χ1n) is 6.38. The summed E-state index contributed by atoms with van der Waals surface area (Å²) in [7, 11) is 2.03. The van der Waals surface area contributed by atoms with E-state index in [-0.39, 0.29) is 0 Å². The number of aromatic nitrogens is 3. The molecule has 2 aromatic heterocycles. The molecule has 1 fully saturated rings. The van der Waals surface area contributed by atoms with Gasteiger partial charge in [0.2, 0.25) is 0 Å². The first-order valence-corrected chi connectivity index (χ1v) is 7.26. The molecular formula is C13H17N5S. The molecule has 3 rings (SSSR count). The van der Waals surface area contributed by atoms with E-state index in [1.165, 1.54) is 17.7 Å². The highest BCUT2D eigenvalue weighted by Gasteiger charge is 2.27. The molecule has 2 aromatic rings. The summed E-state index contributed by atoms with van der Waals surface area (Å²) < 4.78 is 0. The lowest BCUT2D eigenvalue weighted by Crippen LogP contribution is -2.19. The molecule has 2 heterocycles. The van der Waals surface area contributed by atoms with Crippen molar-refractivity contribution in [2.24, 2.45) is 0 Å². The molecule has 0 amide bonds. The average Bonchev–Trinajstić information content (AvgIpc) is 3.15. The van der Waals surface area contributed by atoms with Gasteiger partial charge in [0, 0.05) is 23.9 Å². The number of nitrogens with zero attached hydrogens (tertiary/aromatic N) is 4. The van der Waals surface area contributed by atoms with Crippen LogP contribution in [0.3, 0.4) is 0 Å². The fourth-order valence-corrected chi connectivity index (χ4v) is 2.80. The molecule has 1 saturated carbocycles. The van der Waals surface area contributed by atoms with Crippen molar-refractivity contribution >= 4 is 23.0 Å². The monoisotopic (exact) mass is 275 g/mol. The van der Waals surface area contributed by atoms with Gasteiger partial charge in [0.1, 0.15) is 17.5 Å². The van der Waals surface area contributed by atoms with Crippen molar-refractivity contribution < 1.29 is 0 Å². The summed E-state index contributed by atoms with van der Waals surface area (Å²) in [6.07, 6.45) is 2.36. The first kappa shape index (κ1) is 12.3. The topological polar surface area (TPSA) is 67.9 Å². The van der Waals surface area contributed by atoms with Gasteiger partial charge < -0.3 is 10.6 Å². The van der Waals surface area contributed by atoms with Crippen LogP contribution in [0.25, 0.3) is 0 Å². The third-order valence-corrected chi connectivity index (χ3v) is 4.23. The molecule has 0 aromatic carbocycles. The number of rotatable bonds is 4. The Morgan fingerprint density at radius 3 is 2.84 bits per heavy atom. The minimum absolute atomic E-state index is 0.515. The molecule has 2 N–H and O–H groups in total. The zero-order valence-electron chi connectivity index (χ0n) is 11.1. The van der Waals surface area contributed by atoms with Crippen LogP contribution >= 0.6 is 11.3 Å². The van der Waals surface area contributed by atoms with Gasteiger partial charge in [0.15, 0.2) is 0 Å². The normalized spacial score (nSPS) is 14.6. The number of nitrogen functional groups attached to an aromatic ring is 1. The molecule has 0 atom stereocenters. The second-order valence-corrected chi connectivity index (χ2v) is 5.94. The molecule has 0 unspecified atom stereocenters. The summed E-state index contributed by atoms with van der Waals surface area (Å²) >= 11 is 1.67. The summed E-state index contributed by atoms with van der Waals surface area (Å²) in [5.41, 5.74) is 8.84.